The van der Waals surface area contributed by atoms with Gasteiger partial charge in [0.2, 0.25) is 5.91 Å². The number of nitrogens with zero attached hydrogens (tertiary/aromatic N) is 1. The van der Waals surface area contributed by atoms with Crippen LogP contribution >= 0.6 is 0 Å². The van der Waals surface area contributed by atoms with Crippen molar-refractivity contribution in [3.8, 4) is 0 Å². The van der Waals surface area contributed by atoms with Crippen LogP contribution in [0.15, 0.2) is 30.3 Å². The van der Waals surface area contributed by atoms with E-state index in [-0.39, 0.29) is 18.1 Å². The lowest BCUT2D eigenvalue weighted by molar-refractivity contribution is -0.131. The number of carbonyl (C=O) groups is 1. The first-order valence-corrected chi connectivity index (χ1v) is 8.35. The van der Waals surface area contributed by atoms with E-state index in [0.29, 0.717) is 5.41 Å². The molecule has 3 heteroatoms. The number of hydrogen-bond donors (Lipinski definition) is 1. The van der Waals surface area contributed by atoms with Crippen LogP contribution in [0.2, 0.25) is 0 Å². The molecule has 1 N–H and O–H groups in total. The highest BCUT2D eigenvalue weighted by molar-refractivity contribution is 5.85. The Labute approximate surface area is 126 Å². The summed E-state index contributed by atoms with van der Waals surface area (Å²) in [7, 11) is 0. The Bertz CT molecular complexity index is 533. The molecule has 2 saturated carbocycles. The largest absolute Gasteiger partial charge is 0.325 e. The highest BCUT2D eigenvalue weighted by atomic mass is 16.2. The van der Waals surface area contributed by atoms with Crippen LogP contribution in [0.4, 0.5) is 0 Å². The molecule has 1 heterocycles. The van der Waals surface area contributed by atoms with Gasteiger partial charge in [-0.1, -0.05) is 37.3 Å². The van der Waals surface area contributed by atoms with Crippen molar-refractivity contribution in [1.82, 2.24) is 10.2 Å². The quantitative estimate of drug-likeness (QED) is 0.901. The Morgan fingerprint density at radius 1 is 1.24 bits per heavy atom. The lowest BCUT2D eigenvalue weighted by Crippen LogP contribution is -2.41. The molecule has 3 nitrogen and oxygen atoms in total. The van der Waals surface area contributed by atoms with E-state index >= 15 is 0 Å². The van der Waals surface area contributed by atoms with Crippen molar-refractivity contribution in [2.24, 2.45) is 11.3 Å². The molecule has 0 bridgehead atoms. The summed E-state index contributed by atoms with van der Waals surface area (Å²) in [6.07, 6.45) is 6.61. The molecule has 0 radical (unpaired) electrons. The minimum atomic E-state index is -0.147. The minimum Gasteiger partial charge on any atom is -0.325 e. The van der Waals surface area contributed by atoms with E-state index in [1.54, 1.807) is 0 Å². The van der Waals surface area contributed by atoms with E-state index < -0.39 is 0 Å². The monoisotopic (exact) mass is 284 g/mol. The highest BCUT2D eigenvalue weighted by Gasteiger charge is 2.56. The van der Waals surface area contributed by atoms with E-state index in [1.165, 1.54) is 25.7 Å². The van der Waals surface area contributed by atoms with Gasteiger partial charge >= 0.3 is 0 Å². The van der Waals surface area contributed by atoms with Gasteiger partial charge in [0.25, 0.3) is 0 Å². The van der Waals surface area contributed by atoms with Crippen LogP contribution in [0, 0.1) is 11.3 Å². The summed E-state index contributed by atoms with van der Waals surface area (Å²) >= 11 is 0. The molecule has 1 aromatic carbocycles. The van der Waals surface area contributed by atoms with E-state index in [1.807, 2.05) is 18.2 Å². The standard InChI is InChI=1S/C18H24N2O/c1-2-15-19-16(13-6-4-3-5-7-13)17(21)20(15)12-18(10-11-18)14-8-9-14/h3-7,14-16,19H,2,8-12H2,1H3. The summed E-state index contributed by atoms with van der Waals surface area (Å²) in [6.45, 7) is 3.15. The predicted octanol–water partition coefficient (Wildman–Crippen LogP) is 3.09. The van der Waals surface area contributed by atoms with Crippen LogP contribution in [-0.4, -0.2) is 23.5 Å². The Morgan fingerprint density at radius 2 is 1.95 bits per heavy atom. The van der Waals surface area contributed by atoms with E-state index in [2.05, 4.69) is 29.3 Å². The third kappa shape index (κ3) is 2.28. The first-order valence-electron chi connectivity index (χ1n) is 8.35. The number of nitrogens with one attached hydrogen (secondary N) is 1. The highest BCUT2D eigenvalue weighted by Crippen LogP contribution is 2.61. The van der Waals surface area contributed by atoms with Crippen molar-refractivity contribution in [3.05, 3.63) is 35.9 Å². The van der Waals surface area contributed by atoms with Gasteiger partial charge in [-0.25, -0.2) is 0 Å². The van der Waals surface area contributed by atoms with Gasteiger partial charge in [0.05, 0.1) is 6.17 Å². The van der Waals surface area contributed by atoms with Crippen molar-refractivity contribution >= 4 is 5.91 Å². The van der Waals surface area contributed by atoms with Crippen LogP contribution in [0.25, 0.3) is 0 Å². The zero-order valence-electron chi connectivity index (χ0n) is 12.7. The number of benzene rings is 1. The summed E-state index contributed by atoms with van der Waals surface area (Å²) in [5, 5.41) is 3.54. The lowest BCUT2D eigenvalue weighted by Gasteiger charge is -2.28. The van der Waals surface area contributed by atoms with Crippen LogP contribution in [-0.2, 0) is 4.79 Å². The smallest absolute Gasteiger partial charge is 0.245 e. The van der Waals surface area contributed by atoms with E-state index in [0.717, 1.165) is 24.4 Å². The molecule has 1 aromatic rings. The van der Waals surface area contributed by atoms with Gasteiger partial charge in [0, 0.05) is 6.54 Å². The second-order valence-electron chi connectivity index (χ2n) is 7.04. The molecule has 1 saturated heterocycles. The van der Waals surface area contributed by atoms with Gasteiger partial charge < -0.3 is 4.90 Å². The summed E-state index contributed by atoms with van der Waals surface area (Å²) in [6, 6.07) is 10.00. The molecule has 1 amide bonds. The van der Waals surface area contributed by atoms with Crippen LogP contribution in [0.3, 0.4) is 0 Å². The number of hydrogen-bond acceptors (Lipinski definition) is 2. The SMILES string of the molecule is CCC1NC(c2ccccc2)C(=O)N1CC1(C2CC2)CC1. The molecule has 21 heavy (non-hydrogen) atoms. The maximum atomic E-state index is 12.9. The van der Waals surface area contributed by atoms with Crippen molar-refractivity contribution in [1.29, 1.82) is 0 Å². The van der Waals surface area contributed by atoms with E-state index in [4.69, 9.17) is 0 Å². The Kier molecular flexibility index (Phi) is 3.07. The maximum Gasteiger partial charge on any atom is 0.245 e. The molecule has 0 spiro atoms. The molecule has 2 aliphatic carbocycles. The van der Waals surface area contributed by atoms with Crippen LogP contribution in [0.1, 0.15) is 50.6 Å². The Balaban J connectivity index is 1.54. The number of rotatable bonds is 5. The van der Waals surface area contributed by atoms with Gasteiger partial charge in [-0.3, -0.25) is 10.1 Å². The first-order chi connectivity index (χ1) is 10.2. The first kappa shape index (κ1) is 13.3. The van der Waals surface area contributed by atoms with E-state index in [9.17, 15) is 4.79 Å². The van der Waals surface area contributed by atoms with Crippen molar-refractivity contribution < 1.29 is 4.79 Å². The third-order valence-corrected chi connectivity index (χ3v) is 5.61. The predicted molar refractivity (Wildman–Crippen MR) is 82.5 cm³/mol. The second-order valence-corrected chi connectivity index (χ2v) is 7.04. The van der Waals surface area contributed by atoms with Gasteiger partial charge in [0.15, 0.2) is 0 Å². The average molecular weight is 284 g/mol. The van der Waals surface area contributed by atoms with Gasteiger partial charge in [-0.05, 0) is 49.0 Å². The molecular formula is C18H24N2O. The number of amides is 1. The fraction of sp³-hybridized carbons (Fsp3) is 0.611. The maximum absolute atomic E-state index is 12.9. The minimum absolute atomic E-state index is 0.147. The van der Waals surface area contributed by atoms with Gasteiger partial charge in [0.1, 0.15) is 6.04 Å². The summed E-state index contributed by atoms with van der Waals surface area (Å²) in [5.41, 5.74) is 1.58. The van der Waals surface area contributed by atoms with Crippen molar-refractivity contribution in [3.63, 3.8) is 0 Å². The van der Waals surface area contributed by atoms with Crippen LogP contribution in [0.5, 0.6) is 0 Å². The number of carbonyl (C=O) groups excluding carboxylic acids is 1. The third-order valence-electron chi connectivity index (χ3n) is 5.61. The zero-order chi connectivity index (χ0) is 14.4. The molecule has 3 aliphatic rings. The topological polar surface area (TPSA) is 32.3 Å². The molecule has 112 valence electrons. The lowest BCUT2D eigenvalue weighted by atomic mass is 9.99. The van der Waals surface area contributed by atoms with Crippen molar-refractivity contribution in [2.75, 3.05) is 6.54 Å². The Morgan fingerprint density at radius 3 is 2.52 bits per heavy atom. The molecule has 2 atom stereocenters. The fourth-order valence-electron chi connectivity index (χ4n) is 3.97. The summed E-state index contributed by atoms with van der Waals surface area (Å²) in [4.78, 5) is 15.0. The molecule has 1 aliphatic heterocycles. The second kappa shape index (κ2) is 4.84. The van der Waals surface area contributed by atoms with Gasteiger partial charge in [-0.15, -0.1) is 0 Å². The van der Waals surface area contributed by atoms with Crippen molar-refractivity contribution in [2.45, 2.75) is 51.2 Å². The average Bonchev–Trinajstić information content (AvgIpc) is 3.40. The fourth-order valence-corrected chi connectivity index (χ4v) is 3.97. The molecule has 3 fully saturated rings. The van der Waals surface area contributed by atoms with Crippen LogP contribution < -0.4 is 5.32 Å². The summed E-state index contributed by atoms with van der Waals surface area (Å²) < 4.78 is 0. The molecule has 4 rings (SSSR count). The Hall–Kier alpha value is -1.35. The normalized spacial score (nSPS) is 30.7. The van der Waals surface area contributed by atoms with Gasteiger partial charge in [-0.2, -0.15) is 0 Å². The molecule has 0 aromatic heterocycles. The zero-order valence-corrected chi connectivity index (χ0v) is 12.7. The molecule has 2 unspecified atom stereocenters. The molecular weight excluding hydrogens is 260 g/mol. The summed E-state index contributed by atoms with van der Waals surface area (Å²) in [5.74, 6) is 1.18.